The van der Waals surface area contributed by atoms with Crippen LogP contribution in [0.2, 0.25) is 0 Å². The van der Waals surface area contributed by atoms with Crippen molar-refractivity contribution in [2.24, 2.45) is 0 Å². The van der Waals surface area contributed by atoms with Gasteiger partial charge in [-0.05, 0) is 6.42 Å². The Kier molecular flexibility index (Phi) is 5.16. The van der Waals surface area contributed by atoms with Gasteiger partial charge < -0.3 is 15.7 Å². The summed E-state index contributed by atoms with van der Waals surface area (Å²) in [5.74, 6) is -4.59. The van der Waals surface area contributed by atoms with Gasteiger partial charge in [-0.2, -0.15) is 0 Å². The summed E-state index contributed by atoms with van der Waals surface area (Å²) in [7, 11) is 0. The predicted octanol–water partition coefficient (Wildman–Crippen LogP) is 2.09. The van der Waals surface area contributed by atoms with Crippen LogP contribution in [0.15, 0.2) is 12.1 Å². The molecule has 0 spiro atoms. The van der Waals surface area contributed by atoms with E-state index in [2.05, 4.69) is 5.32 Å². The summed E-state index contributed by atoms with van der Waals surface area (Å²) in [6.45, 7) is 0.0303. The summed E-state index contributed by atoms with van der Waals surface area (Å²) in [6.07, 6.45) is 0.0384. The fraction of sp³-hybridized carbons (Fsp3) is 0.273. The molecule has 1 aromatic carbocycles. The van der Waals surface area contributed by atoms with Crippen LogP contribution in [0, 0.1) is 17.5 Å². The van der Waals surface area contributed by atoms with E-state index in [0.717, 1.165) is 0 Å². The van der Waals surface area contributed by atoms with E-state index in [0.29, 0.717) is 12.1 Å². The molecule has 8 heteroatoms. The fourth-order valence-electron chi connectivity index (χ4n) is 1.26. The Morgan fingerprint density at radius 3 is 2.26 bits per heavy atom. The maximum Gasteiger partial charge on any atom is 0.319 e. The Hall–Kier alpha value is -2.25. The third-order valence-electron chi connectivity index (χ3n) is 2.10. The molecule has 0 unspecified atom stereocenters. The summed E-state index contributed by atoms with van der Waals surface area (Å²) in [5, 5.41) is 12.4. The number of urea groups is 1. The maximum atomic E-state index is 13.2. The van der Waals surface area contributed by atoms with Crippen molar-refractivity contribution in [3.8, 4) is 0 Å². The van der Waals surface area contributed by atoms with Gasteiger partial charge in [0.1, 0.15) is 11.5 Å². The predicted molar refractivity (Wildman–Crippen MR) is 60.2 cm³/mol. The number of rotatable bonds is 5. The number of halogens is 3. The van der Waals surface area contributed by atoms with Crippen LogP contribution < -0.4 is 10.6 Å². The molecule has 0 heterocycles. The molecule has 0 atom stereocenters. The Balaban J connectivity index is 2.51. The lowest BCUT2D eigenvalue weighted by Gasteiger charge is -2.09. The van der Waals surface area contributed by atoms with Crippen molar-refractivity contribution in [2.75, 3.05) is 11.9 Å². The minimum atomic E-state index is -1.24. The van der Waals surface area contributed by atoms with E-state index in [1.807, 2.05) is 5.32 Å². The number of nitrogens with one attached hydrogen (secondary N) is 2. The number of carboxylic acids is 1. The number of amides is 2. The molecule has 0 aliphatic heterocycles. The Bertz CT molecular complexity index is 471. The van der Waals surface area contributed by atoms with Crippen molar-refractivity contribution in [1.82, 2.24) is 5.32 Å². The van der Waals surface area contributed by atoms with Gasteiger partial charge in [0, 0.05) is 25.1 Å². The number of anilines is 1. The van der Waals surface area contributed by atoms with Gasteiger partial charge in [-0.25, -0.2) is 18.0 Å². The monoisotopic (exact) mass is 276 g/mol. The van der Waals surface area contributed by atoms with E-state index in [9.17, 15) is 22.8 Å². The van der Waals surface area contributed by atoms with E-state index in [1.165, 1.54) is 0 Å². The van der Waals surface area contributed by atoms with E-state index in [1.54, 1.807) is 0 Å². The molecule has 0 aromatic heterocycles. The average Bonchev–Trinajstić information content (AvgIpc) is 2.29. The quantitative estimate of drug-likeness (QED) is 0.720. The molecular weight excluding hydrogens is 265 g/mol. The molecule has 0 saturated heterocycles. The van der Waals surface area contributed by atoms with Crippen LogP contribution in [0.1, 0.15) is 12.8 Å². The third-order valence-corrected chi connectivity index (χ3v) is 2.10. The molecule has 104 valence electrons. The van der Waals surface area contributed by atoms with Crippen LogP contribution in [-0.4, -0.2) is 23.7 Å². The van der Waals surface area contributed by atoms with E-state index < -0.39 is 35.1 Å². The summed E-state index contributed by atoms with van der Waals surface area (Å²) < 4.78 is 38.9. The molecule has 3 N–H and O–H groups in total. The van der Waals surface area contributed by atoms with Gasteiger partial charge in [-0.1, -0.05) is 0 Å². The first kappa shape index (κ1) is 14.8. The zero-order chi connectivity index (χ0) is 14.4. The molecule has 0 radical (unpaired) electrons. The minimum absolute atomic E-state index is 0.0303. The number of hydrogen-bond donors (Lipinski definition) is 3. The molecule has 0 saturated carbocycles. The summed E-state index contributed by atoms with van der Waals surface area (Å²) in [5.41, 5.74) is -0.767. The zero-order valence-corrected chi connectivity index (χ0v) is 9.67. The second kappa shape index (κ2) is 6.62. The highest BCUT2D eigenvalue weighted by Crippen LogP contribution is 2.19. The van der Waals surface area contributed by atoms with Crippen molar-refractivity contribution >= 4 is 17.7 Å². The standard InChI is InChI=1S/C11H11F3N2O3/c12-6-4-7(13)10(8(14)5-6)16-11(19)15-3-1-2-9(17)18/h4-5H,1-3H2,(H,17,18)(H2,15,16,19). The van der Waals surface area contributed by atoms with Gasteiger partial charge in [0.15, 0.2) is 11.6 Å². The van der Waals surface area contributed by atoms with Crippen molar-refractivity contribution in [3.63, 3.8) is 0 Å². The number of carbonyl (C=O) groups excluding carboxylic acids is 1. The summed E-state index contributed by atoms with van der Waals surface area (Å²) >= 11 is 0. The average molecular weight is 276 g/mol. The Morgan fingerprint density at radius 2 is 1.74 bits per heavy atom. The Morgan fingerprint density at radius 1 is 1.16 bits per heavy atom. The Labute approximate surface area is 106 Å². The summed E-state index contributed by atoms with van der Waals surface area (Å²) in [4.78, 5) is 21.4. The maximum absolute atomic E-state index is 13.2. The summed E-state index contributed by atoms with van der Waals surface area (Å²) in [6, 6.07) is -0.0403. The molecule has 5 nitrogen and oxygen atoms in total. The highest BCUT2D eigenvalue weighted by molar-refractivity contribution is 5.89. The molecule has 1 aromatic rings. The van der Waals surface area contributed by atoms with Gasteiger partial charge in [-0.3, -0.25) is 4.79 Å². The van der Waals surface area contributed by atoms with Crippen molar-refractivity contribution in [3.05, 3.63) is 29.6 Å². The van der Waals surface area contributed by atoms with Crippen LogP contribution in [-0.2, 0) is 4.79 Å². The van der Waals surface area contributed by atoms with Crippen molar-refractivity contribution in [2.45, 2.75) is 12.8 Å². The van der Waals surface area contributed by atoms with Gasteiger partial charge >= 0.3 is 12.0 Å². The topological polar surface area (TPSA) is 78.4 Å². The van der Waals surface area contributed by atoms with Gasteiger partial charge in [-0.15, -0.1) is 0 Å². The third kappa shape index (κ3) is 4.86. The van der Waals surface area contributed by atoms with Gasteiger partial charge in [0.2, 0.25) is 0 Å². The lowest BCUT2D eigenvalue weighted by atomic mass is 10.3. The molecule has 2 amide bonds. The first-order valence-electron chi connectivity index (χ1n) is 5.31. The SMILES string of the molecule is O=C(O)CCCNC(=O)Nc1c(F)cc(F)cc1F. The molecule has 0 fully saturated rings. The molecule has 0 aliphatic carbocycles. The number of benzene rings is 1. The largest absolute Gasteiger partial charge is 0.481 e. The van der Waals surface area contributed by atoms with Gasteiger partial charge in [0.25, 0.3) is 0 Å². The fourth-order valence-corrected chi connectivity index (χ4v) is 1.26. The lowest BCUT2D eigenvalue weighted by Crippen LogP contribution is -2.30. The second-order valence-electron chi connectivity index (χ2n) is 3.62. The first-order valence-corrected chi connectivity index (χ1v) is 5.31. The second-order valence-corrected chi connectivity index (χ2v) is 3.62. The van der Waals surface area contributed by atoms with Crippen LogP contribution in [0.4, 0.5) is 23.7 Å². The molecule has 19 heavy (non-hydrogen) atoms. The molecule has 1 rings (SSSR count). The van der Waals surface area contributed by atoms with E-state index in [4.69, 9.17) is 5.11 Å². The number of aliphatic carboxylic acids is 1. The lowest BCUT2D eigenvalue weighted by molar-refractivity contribution is -0.137. The van der Waals surface area contributed by atoms with E-state index >= 15 is 0 Å². The number of carbonyl (C=O) groups is 2. The van der Waals surface area contributed by atoms with Crippen LogP contribution >= 0.6 is 0 Å². The van der Waals surface area contributed by atoms with Crippen LogP contribution in [0.3, 0.4) is 0 Å². The van der Waals surface area contributed by atoms with Crippen LogP contribution in [0.25, 0.3) is 0 Å². The van der Waals surface area contributed by atoms with Crippen molar-refractivity contribution < 1.29 is 27.9 Å². The minimum Gasteiger partial charge on any atom is -0.481 e. The molecule has 0 aliphatic rings. The molecule has 0 bridgehead atoms. The first-order chi connectivity index (χ1) is 8.90. The zero-order valence-electron chi connectivity index (χ0n) is 9.67. The van der Waals surface area contributed by atoms with E-state index in [-0.39, 0.29) is 19.4 Å². The number of carboxylic acid groups (broad SMARTS) is 1. The molecular formula is C11H11F3N2O3. The van der Waals surface area contributed by atoms with Gasteiger partial charge in [0.05, 0.1) is 0 Å². The van der Waals surface area contributed by atoms with Crippen molar-refractivity contribution in [1.29, 1.82) is 0 Å². The highest BCUT2D eigenvalue weighted by Gasteiger charge is 2.13. The van der Waals surface area contributed by atoms with Crippen LogP contribution in [0.5, 0.6) is 0 Å². The number of hydrogen-bond acceptors (Lipinski definition) is 2. The smallest absolute Gasteiger partial charge is 0.319 e. The highest BCUT2D eigenvalue weighted by atomic mass is 19.1. The normalized spacial score (nSPS) is 10.1.